The van der Waals surface area contributed by atoms with E-state index in [9.17, 15) is 0 Å². The number of thiazole rings is 1. The molecule has 0 N–H and O–H groups in total. The molecule has 0 saturated heterocycles. The predicted molar refractivity (Wildman–Crippen MR) is 61.4 cm³/mol. The third-order valence-electron chi connectivity index (χ3n) is 1.79. The summed E-state index contributed by atoms with van der Waals surface area (Å²) >= 11 is 4.91. The molecular weight excluding hydrogens is 280 g/mol. The number of nitrogens with zero attached hydrogens (tertiary/aromatic N) is 2. The standard InChI is InChI=1S/C9H9BrN2O2S/c1-2-13-8-6(5-10)7(14-12-8)9-11-3-4-15-9/h3-4H,2,5H2,1H3. The Morgan fingerprint density at radius 1 is 1.60 bits per heavy atom. The molecule has 0 aliphatic carbocycles. The zero-order valence-corrected chi connectivity index (χ0v) is 10.5. The molecule has 0 aliphatic rings. The van der Waals surface area contributed by atoms with Crippen LogP contribution in [0.2, 0.25) is 0 Å². The van der Waals surface area contributed by atoms with Crippen molar-refractivity contribution in [3.63, 3.8) is 0 Å². The van der Waals surface area contributed by atoms with Gasteiger partial charge in [0.05, 0.1) is 12.2 Å². The Morgan fingerprint density at radius 3 is 3.07 bits per heavy atom. The minimum Gasteiger partial charge on any atom is -0.476 e. The van der Waals surface area contributed by atoms with Crippen LogP contribution in [0.3, 0.4) is 0 Å². The van der Waals surface area contributed by atoms with Crippen molar-refractivity contribution in [2.75, 3.05) is 6.61 Å². The molecular formula is C9H9BrN2O2S. The molecule has 0 amide bonds. The van der Waals surface area contributed by atoms with Gasteiger partial charge in [-0.1, -0.05) is 15.9 Å². The number of alkyl halides is 1. The maximum atomic E-state index is 5.35. The number of aromatic nitrogens is 2. The van der Waals surface area contributed by atoms with Gasteiger partial charge in [-0.2, -0.15) is 0 Å². The predicted octanol–water partition coefficient (Wildman–Crippen LogP) is 3.09. The summed E-state index contributed by atoms with van der Waals surface area (Å²) in [5.74, 6) is 1.23. The Morgan fingerprint density at radius 2 is 2.47 bits per heavy atom. The zero-order valence-electron chi connectivity index (χ0n) is 8.07. The topological polar surface area (TPSA) is 48.2 Å². The Labute approximate surface area is 99.4 Å². The molecule has 0 saturated carbocycles. The van der Waals surface area contributed by atoms with E-state index >= 15 is 0 Å². The van der Waals surface area contributed by atoms with Gasteiger partial charge in [0.1, 0.15) is 0 Å². The Hall–Kier alpha value is -0.880. The number of hydrogen-bond acceptors (Lipinski definition) is 5. The fourth-order valence-electron chi connectivity index (χ4n) is 1.17. The van der Waals surface area contributed by atoms with Crippen molar-refractivity contribution in [1.82, 2.24) is 10.1 Å². The minimum absolute atomic E-state index is 0.541. The highest BCUT2D eigenvalue weighted by Crippen LogP contribution is 2.33. The van der Waals surface area contributed by atoms with E-state index in [1.807, 2.05) is 12.3 Å². The largest absolute Gasteiger partial charge is 0.476 e. The molecule has 80 valence electrons. The second-order valence-corrected chi connectivity index (χ2v) is 4.15. The van der Waals surface area contributed by atoms with Crippen molar-refractivity contribution in [2.45, 2.75) is 12.3 Å². The average Bonchev–Trinajstić information content (AvgIpc) is 2.85. The number of rotatable bonds is 4. The van der Waals surface area contributed by atoms with E-state index in [1.165, 1.54) is 11.3 Å². The van der Waals surface area contributed by atoms with Crippen molar-refractivity contribution in [3.05, 3.63) is 17.1 Å². The van der Waals surface area contributed by atoms with E-state index in [0.29, 0.717) is 23.6 Å². The van der Waals surface area contributed by atoms with Crippen molar-refractivity contribution in [2.24, 2.45) is 0 Å². The second kappa shape index (κ2) is 4.76. The van der Waals surface area contributed by atoms with Gasteiger partial charge in [-0.15, -0.1) is 11.3 Å². The van der Waals surface area contributed by atoms with Gasteiger partial charge >= 0.3 is 0 Å². The summed E-state index contributed by atoms with van der Waals surface area (Å²) in [6.45, 7) is 2.49. The summed E-state index contributed by atoms with van der Waals surface area (Å²) in [5.41, 5.74) is 0.909. The van der Waals surface area contributed by atoms with Crippen LogP contribution in [0.25, 0.3) is 10.8 Å². The monoisotopic (exact) mass is 288 g/mol. The van der Waals surface area contributed by atoms with Crippen molar-refractivity contribution in [3.8, 4) is 16.6 Å². The van der Waals surface area contributed by atoms with Crippen LogP contribution in [0.15, 0.2) is 16.1 Å². The fourth-order valence-corrected chi connectivity index (χ4v) is 2.30. The normalized spacial score (nSPS) is 10.5. The third kappa shape index (κ3) is 2.05. The summed E-state index contributed by atoms with van der Waals surface area (Å²) in [4.78, 5) is 4.18. The summed E-state index contributed by atoms with van der Waals surface area (Å²) in [6.07, 6.45) is 1.74. The van der Waals surface area contributed by atoms with Gasteiger partial charge in [0.2, 0.25) is 5.76 Å². The molecule has 0 radical (unpaired) electrons. The van der Waals surface area contributed by atoms with Crippen LogP contribution in [-0.4, -0.2) is 16.7 Å². The Bertz CT molecular complexity index is 427. The Kier molecular flexibility index (Phi) is 3.37. The molecule has 2 heterocycles. The van der Waals surface area contributed by atoms with Crippen LogP contribution < -0.4 is 4.74 Å². The quantitative estimate of drug-likeness (QED) is 0.811. The molecule has 4 nitrogen and oxygen atoms in total. The number of hydrogen-bond donors (Lipinski definition) is 0. The van der Waals surface area contributed by atoms with Gasteiger partial charge < -0.3 is 9.26 Å². The van der Waals surface area contributed by atoms with Crippen LogP contribution >= 0.6 is 27.3 Å². The lowest BCUT2D eigenvalue weighted by Crippen LogP contribution is -1.94. The van der Waals surface area contributed by atoms with Gasteiger partial charge in [0.15, 0.2) is 5.01 Å². The van der Waals surface area contributed by atoms with E-state index in [-0.39, 0.29) is 0 Å². The lowest BCUT2D eigenvalue weighted by molar-refractivity contribution is 0.295. The van der Waals surface area contributed by atoms with Crippen LogP contribution in [0.4, 0.5) is 0 Å². The first-order chi connectivity index (χ1) is 7.36. The molecule has 0 atom stereocenters. The fraction of sp³-hybridized carbons (Fsp3) is 0.333. The molecule has 0 bridgehead atoms. The molecule has 15 heavy (non-hydrogen) atoms. The minimum atomic E-state index is 0.541. The zero-order chi connectivity index (χ0) is 10.7. The number of ether oxygens (including phenoxy) is 1. The highest BCUT2D eigenvalue weighted by atomic mass is 79.9. The molecule has 2 aromatic heterocycles. The molecule has 0 unspecified atom stereocenters. The van der Waals surface area contributed by atoms with Gasteiger partial charge in [-0.05, 0) is 12.1 Å². The van der Waals surface area contributed by atoms with Crippen LogP contribution in [0, 0.1) is 0 Å². The first-order valence-corrected chi connectivity index (χ1v) is 6.44. The first-order valence-electron chi connectivity index (χ1n) is 4.44. The molecule has 6 heteroatoms. The molecule has 2 rings (SSSR count). The van der Waals surface area contributed by atoms with Crippen LogP contribution in [-0.2, 0) is 5.33 Å². The van der Waals surface area contributed by atoms with Crippen molar-refractivity contribution < 1.29 is 9.26 Å². The average molecular weight is 289 g/mol. The van der Waals surface area contributed by atoms with Gasteiger partial charge in [0, 0.05) is 16.9 Å². The second-order valence-electron chi connectivity index (χ2n) is 2.70. The van der Waals surface area contributed by atoms with Crippen molar-refractivity contribution in [1.29, 1.82) is 0 Å². The molecule has 0 aliphatic heterocycles. The van der Waals surface area contributed by atoms with E-state index in [2.05, 4.69) is 26.1 Å². The van der Waals surface area contributed by atoms with E-state index < -0.39 is 0 Å². The third-order valence-corrected chi connectivity index (χ3v) is 3.13. The molecule has 0 spiro atoms. The highest BCUT2D eigenvalue weighted by Gasteiger charge is 2.19. The highest BCUT2D eigenvalue weighted by molar-refractivity contribution is 9.08. The molecule has 0 fully saturated rings. The van der Waals surface area contributed by atoms with Gasteiger partial charge in [-0.3, -0.25) is 0 Å². The van der Waals surface area contributed by atoms with Crippen LogP contribution in [0.5, 0.6) is 5.88 Å². The Balaban J connectivity index is 2.40. The first kappa shape index (κ1) is 10.6. The number of halogens is 1. The lowest BCUT2D eigenvalue weighted by Gasteiger charge is -1.98. The summed E-state index contributed by atoms with van der Waals surface area (Å²) in [5, 5.41) is 7.23. The van der Waals surface area contributed by atoms with Crippen LogP contribution in [0.1, 0.15) is 12.5 Å². The van der Waals surface area contributed by atoms with E-state index in [4.69, 9.17) is 9.26 Å². The lowest BCUT2D eigenvalue weighted by atomic mass is 10.3. The maximum Gasteiger partial charge on any atom is 0.258 e. The molecule has 0 aromatic carbocycles. The summed E-state index contributed by atoms with van der Waals surface area (Å²) < 4.78 is 10.6. The van der Waals surface area contributed by atoms with E-state index in [1.54, 1.807) is 6.20 Å². The maximum absolute atomic E-state index is 5.35. The van der Waals surface area contributed by atoms with Gasteiger partial charge in [0.25, 0.3) is 5.88 Å². The summed E-state index contributed by atoms with van der Waals surface area (Å²) in [6, 6.07) is 0. The SMILES string of the molecule is CCOc1noc(-c2nccs2)c1CBr. The van der Waals surface area contributed by atoms with Crippen molar-refractivity contribution >= 4 is 27.3 Å². The molecule has 2 aromatic rings. The van der Waals surface area contributed by atoms with Gasteiger partial charge in [-0.25, -0.2) is 4.98 Å². The summed E-state index contributed by atoms with van der Waals surface area (Å²) in [7, 11) is 0. The van der Waals surface area contributed by atoms with E-state index in [0.717, 1.165) is 10.6 Å². The smallest absolute Gasteiger partial charge is 0.258 e.